The summed E-state index contributed by atoms with van der Waals surface area (Å²) in [4.78, 5) is 61.2. The molecule has 11 heteroatoms. The molecule has 0 unspecified atom stereocenters. The number of rotatable bonds is 11. The second-order valence-corrected chi connectivity index (χ2v) is 14.7. The van der Waals surface area contributed by atoms with Crippen LogP contribution in [0.1, 0.15) is 59.6 Å². The van der Waals surface area contributed by atoms with Gasteiger partial charge in [-0.15, -0.1) is 0 Å². The number of fused-ring (bicyclic) bond motifs is 1. The van der Waals surface area contributed by atoms with Crippen LogP contribution >= 0.6 is 0 Å². The van der Waals surface area contributed by atoms with Crippen LogP contribution in [0.4, 0.5) is 10.1 Å². The number of benzene rings is 4. The van der Waals surface area contributed by atoms with Crippen LogP contribution in [0, 0.1) is 19.7 Å². The van der Waals surface area contributed by atoms with E-state index in [-0.39, 0.29) is 49.4 Å². The maximum atomic E-state index is 14.4. The van der Waals surface area contributed by atoms with Gasteiger partial charge in [-0.25, -0.2) is 4.39 Å². The lowest BCUT2D eigenvalue weighted by Gasteiger charge is -2.40. The Kier molecular flexibility index (Phi) is 12.3. The number of phenolic OH excluding ortho intramolecular Hbond substituents is 1. The predicted octanol–water partition coefficient (Wildman–Crippen LogP) is 5.13. The Bertz CT molecular complexity index is 1990. The fourth-order valence-electron chi connectivity index (χ4n) is 8.01. The summed E-state index contributed by atoms with van der Waals surface area (Å²) in [6.45, 7) is 6.49. The zero-order chi connectivity index (χ0) is 39.2. The fourth-order valence-corrected chi connectivity index (χ4v) is 8.01. The number of piperidine rings is 1. The second kappa shape index (κ2) is 17.3. The van der Waals surface area contributed by atoms with Crippen molar-refractivity contribution in [2.24, 2.45) is 5.73 Å². The SMILES string of the molecule is CCC(=O)N(c1ccccc1)C1CCN(C(=O)[C@H](Cc2ccc(F)cc2)NC(=O)[C@H]2Cc3ccccc3CN2C(=O)[C@@H](N)Cc2c(C)cc(O)cc2C)CC1. The molecule has 4 aromatic carbocycles. The van der Waals surface area contributed by atoms with E-state index in [1.54, 1.807) is 29.2 Å². The van der Waals surface area contributed by atoms with Gasteiger partial charge in [0.05, 0.1) is 6.04 Å². The molecular weight excluding hydrogens is 698 g/mol. The molecule has 55 heavy (non-hydrogen) atoms. The highest BCUT2D eigenvalue weighted by molar-refractivity contribution is 5.95. The lowest BCUT2D eigenvalue weighted by atomic mass is 9.91. The number of carbonyl (C=O) groups excluding carboxylic acids is 4. The molecule has 2 aliphatic rings. The summed E-state index contributed by atoms with van der Waals surface area (Å²) in [6, 6.07) is 23.3. The van der Waals surface area contributed by atoms with Gasteiger partial charge >= 0.3 is 0 Å². The Morgan fingerprint density at radius 1 is 0.873 bits per heavy atom. The Balaban J connectivity index is 1.23. The van der Waals surface area contributed by atoms with E-state index in [1.807, 2.05) is 80.3 Å². The van der Waals surface area contributed by atoms with Crippen molar-refractivity contribution in [1.82, 2.24) is 15.1 Å². The molecular formula is C44H50FN5O5. The minimum absolute atomic E-state index is 0.0126. The summed E-state index contributed by atoms with van der Waals surface area (Å²) in [6.07, 6.45) is 2.04. The first-order valence-electron chi connectivity index (χ1n) is 19.1. The first-order valence-corrected chi connectivity index (χ1v) is 19.1. The molecule has 2 heterocycles. The zero-order valence-corrected chi connectivity index (χ0v) is 31.7. The summed E-state index contributed by atoms with van der Waals surface area (Å²) in [5.41, 5.74) is 12.4. The lowest BCUT2D eigenvalue weighted by molar-refractivity contribution is -0.144. The average molecular weight is 748 g/mol. The van der Waals surface area contributed by atoms with Gasteiger partial charge in [-0.2, -0.15) is 0 Å². The molecule has 0 aliphatic carbocycles. The molecule has 0 spiro atoms. The molecule has 2 aliphatic heterocycles. The summed E-state index contributed by atoms with van der Waals surface area (Å²) in [5.74, 6) is -1.42. The standard InChI is InChI=1S/C44H50FN5O5/c1-4-41(52)50(34-12-6-5-7-13-34)35-18-20-48(21-19-35)44(55)39(24-30-14-16-33(45)17-15-30)47-42(53)40-25-31-10-8-9-11-32(31)27-49(40)43(54)38(46)26-37-28(2)22-36(51)23-29(37)3/h5-17,22-23,35,38-40,51H,4,18-21,24-27,46H2,1-3H3,(H,47,53)/t38-,39-,40+/m0/s1. The van der Waals surface area contributed by atoms with Crippen molar-refractivity contribution in [2.45, 2.75) is 90.0 Å². The number of carbonyl (C=O) groups is 4. The van der Waals surface area contributed by atoms with E-state index in [0.717, 1.165) is 33.5 Å². The number of amides is 4. The fraction of sp³-hybridized carbons (Fsp3) is 0.364. The molecule has 6 rings (SSSR count). The highest BCUT2D eigenvalue weighted by Crippen LogP contribution is 2.28. The molecule has 288 valence electrons. The van der Waals surface area contributed by atoms with Crippen molar-refractivity contribution in [3.05, 3.63) is 130 Å². The van der Waals surface area contributed by atoms with Crippen molar-refractivity contribution < 1.29 is 28.7 Å². The predicted molar refractivity (Wildman–Crippen MR) is 210 cm³/mol. The monoisotopic (exact) mass is 747 g/mol. The molecule has 4 aromatic rings. The number of nitrogens with two attached hydrogens (primary N) is 1. The van der Waals surface area contributed by atoms with Crippen molar-refractivity contribution >= 4 is 29.3 Å². The van der Waals surface area contributed by atoms with Gasteiger partial charge in [-0.3, -0.25) is 19.2 Å². The van der Waals surface area contributed by atoms with Gasteiger partial charge < -0.3 is 30.9 Å². The smallest absolute Gasteiger partial charge is 0.245 e. The van der Waals surface area contributed by atoms with Crippen LogP contribution in [0.3, 0.4) is 0 Å². The van der Waals surface area contributed by atoms with Crippen LogP contribution < -0.4 is 16.0 Å². The molecule has 0 aromatic heterocycles. The number of nitrogens with one attached hydrogen (secondary N) is 1. The first kappa shape index (κ1) is 39.2. The van der Waals surface area contributed by atoms with Crippen LogP contribution in [0.2, 0.25) is 0 Å². The van der Waals surface area contributed by atoms with Crippen LogP contribution in [0.25, 0.3) is 0 Å². The largest absolute Gasteiger partial charge is 0.508 e. The highest BCUT2D eigenvalue weighted by Gasteiger charge is 2.39. The van der Waals surface area contributed by atoms with Gasteiger partial charge in [-0.05, 0) is 103 Å². The van der Waals surface area contributed by atoms with Crippen LogP contribution in [-0.4, -0.2) is 75.8 Å². The van der Waals surface area contributed by atoms with Gasteiger partial charge in [0.2, 0.25) is 23.6 Å². The number of nitrogens with zero attached hydrogens (tertiary/aromatic N) is 3. The van der Waals surface area contributed by atoms with E-state index in [0.29, 0.717) is 37.9 Å². The first-order chi connectivity index (χ1) is 26.4. The van der Waals surface area contributed by atoms with Crippen molar-refractivity contribution in [2.75, 3.05) is 18.0 Å². The maximum Gasteiger partial charge on any atom is 0.245 e. The summed E-state index contributed by atoms with van der Waals surface area (Å²) >= 11 is 0. The van der Waals surface area contributed by atoms with Crippen molar-refractivity contribution in [3.63, 3.8) is 0 Å². The number of phenols is 1. The van der Waals surface area contributed by atoms with E-state index in [2.05, 4.69) is 5.32 Å². The minimum Gasteiger partial charge on any atom is -0.508 e. The number of likely N-dealkylation sites (tertiary alicyclic amines) is 1. The van der Waals surface area contributed by atoms with Gasteiger partial charge in [-0.1, -0.05) is 61.5 Å². The van der Waals surface area contributed by atoms with Crippen LogP contribution in [0.5, 0.6) is 5.75 Å². The van der Waals surface area contributed by atoms with E-state index >= 15 is 0 Å². The quantitative estimate of drug-likeness (QED) is 0.195. The van der Waals surface area contributed by atoms with Crippen molar-refractivity contribution in [3.8, 4) is 5.75 Å². The van der Waals surface area contributed by atoms with Gasteiger partial charge in [0.25, 0.3) is 0 Å². The van der Waals surface area contributed by atoms with E-state index < -0.39 is 35.8 Å². The molecule has 4 amide bonds. The molecule has 10 nitrogen and oxygen atoms in total. The molecule has 0 bridgehead atoms. The van der Waals surface area contributed by atoms with E-state index in [4.69, 9.17) is 5.73 Å². The number of anilines is 1. The Hall–Kier alpha value is -5.55. The Labute approximate surface area is 322 Å². The van der Waals surface area contributed by atoms with Crippen LogP contribution in [-0.2, 0) is 45.0 Å². The number of aromatic hydroxyl groups is 1. The molecule has 1 saturated heterocycles. The Morgan fingerprint density at radius 2 is 1.49 bits per heavy atom. The van der Waals surface area contributed by atoms with Crippen molar-refractivity contribution in [1.29, 1.82) is 0 Å². The van der Waals surface area contributed by atoms with Gasteiger partial charge in [0.15, 0.2) is 0 Å². The third-order valence-corrected chi connectivity index (χ3v) is 11.0. The average Bonchev–Trinajstić information content (AvgIpc) is 3.19. The van der Waals surface area contributed by atoms with E-state index in [9.17, 15) is 28.7 Å². The van der Waals surface area contributed by atoms with Crippen LogP contribution in [0.15, 0.2) is 91.0 Å². The lowest BCUT2D eigenvalue weighted by Crippen LogP contribution is -2.60. The summed E-state index contributed by atoms with van der Waals surface area (Å²) in [5, 5.41) is 13.1. The molecule has 0 saturated carbocycles. The second-order valence-electron chi connectivity index (χ2n) is 14.7. The number of hydrogen-bond acceptors (Lipinski definition) is 6. The third kappa shape index (κ3) is 9.05. The molecule has 3 atom stereocenters. The number of hydrogen-bond donors (Lipinski definition) is 3. The summed E-state index contributed by atoms with van der Waals surface area (Å²) in [7, 11) is 0. The molecule has 1 fully saturated rings. The zero-order valence-electron chi connectivity index (χ0n) is 31.7. The maximum absolute atomic E-state index is 14.4. The summed E-state index contributed by atoms with van der Waals surface area (Å²) < 4.78 is 13.9. The van der Waals surface area contributed by atoms with Gasteiger partial charge in [0, 0.05) is 50.6 Å². The van der Waals surface area contributed by atoms with Gasteiger partial charge in [0.1, 0.15) is 23.7 Å². The minimum atomic E-state index is -0.998. The van der Waals surface area contributed by atoms with E-state index in [1.165, 1.54) is 17.0 Å². The number of halogens is 1. The number of para-hydroxylation sites is 1. The highest BCUT2D eigenvalue weighted by atomic mass is 19.1. The molecule has 4 N–H and O–H groups in total. The Morgan fingerprint density at radius 3 is 2.13 bits per heavy atom. The number of aryl methyl sites for hydroxylation is 2. The molecule has 0 radical (unpaired) electrons. The topological polar surface area (TPSA) is 136 Å². The third-order valence-electron chi connectivity index (χ3n) is 11.0. The normalized spacial score (nSPS) is 16.9.